The lowest BCUT2D eigenvalue weighted by Crippen LogP contribution is -2.50. The highest BCUT2D eigenvalue weighted by Gasteiger charge is 2.42. The molecule has 3 aliphatic rings. The van der Waals surface area contributed by atoms with Crippen LogP contribution in [0.1, 0.15) is 45.4 Å². The lowest BCUT2D eigenvalue weighted by molar-refractivity contribution is 0.117. The van der Waals surface area contributed by atoms with Crippen LogP contribution in [0.2, 0.25) is 0 Å². The predicted octanol–water partition coefficient (Wildman–Crippen LogP) is 1.83. The van der Waals surface area contributed by atoms with E-state index in [-0.39, 0.29) is 5.54 Å². The minimum absolute atomic E-state index is 0.232. The molecular formula is C17H30N4. The number of hydrogen-bond acceptors (Lipinski definition) is 4. The molecule has 1 saturated heterocycles. The quantitative estimate of drug-likeness (QED) is 0.810. The first-order valence-electron chi connectivity index (χ1n) is 8.90. The van der Waals surface area contributed by atoms with Crippen molar-refractivity contribution in [2.45, 2.75) is 57.0 Å². The Bertz CT molecular complexity index is 379. The lowest BCUT2D eigenvalue weighted by Gasteiger charge is -2.36. The Labute approximate surface area is 129 Å². The van der Waals surface area contributed by atoms with E-state index >= 15 is 0 Å². The van der Waals surface area contributed by atoms with E-state index < -0.39 is 0 Å². The summed E-state index contributed by atoms with van der Waals surface area (Å²) in [6, 6.07) is 3.53. The summed E-state index contributed by atoms with van der Waals surface area (Å²) in [6.45, 7) is 9.17. The van der Waals surface area contributed by atoms with E-state index in [4.69, 9.17) is 0 Å². The van der Waals surface area contributed by atoms with E-state index in [0.717, 1.165) is 19.0 Å². The summed E-state index contributed by atoms with van der Waals surface area (Å²) in [6.07, 6.45) is 7.51. The van der Waals surface area contributed by atoms with Crippen molar-refractivity contribution in [3.63, 3.8) is 0 Å². The molecule has 4 heteroatoms. The maximum Gasteiger partial charge on any atom is 0.109 e. The highest BCUT2D eigenvalue weighted by Crippen LogP contribution is 2.37. The molecule has 0 radical (unpaired) electrons. The van der Waals surface area contributed by atoms with Crippen LogP contribution >= 0.6 is 0 Å². The second kappa shape index (κ2) is 6.64. The van der Waals surface area contributed by atoms with Crippen molar-refractivity contribution in [1.29, 1.82) is 5.26 Å². The molecule has 4 nitrogen and oxygen atoms in total. The largest absolute Gasteiger partial charge is 0.301 e. The van der Waals surface area contributed by atoms with Gasteiger partial charge in [0, 0.05) is 32.2 Å². The molecular weight excluding hydrogens is 260 g/mol. The third-order valence-corrected chi connectivity index (χ3v) is 5.78. The van der Waals surface area contributed by atoms with Gasteiger partial charge in [-0.25, -0.2) is 0 Å². The Morgan fingerprint density at radius 2 is 1.95 bits per heavy atom. The molecule has 3 rings (SSSR count). The first-order valence-corrected chi connectivity index (χ1v) is 8.90. The molecule has 2 aliphatic carbocycles. The number of nitriles is 1. The summed E-state index contributed by atoms with van der Waals surface area (Å²) in [7, 11) is 0. The second-order valence-corrected chi connectivity index (χ2v) is 7.10. The minimum atomic E-state index is -0.232. The minimum Gasteiger partial charge on any atom is -0.301 e. The Kier molecular flexibility index (Phi) is 4.83. The van der Waals surface area contributed by atoms with Crippen LogP contribution in [0.15, 0.2) is 0 Å². The molecule has 1 N–H and O–H groups in total. The normalized spacial score (nSPS) is 35.0. The molecule has 0 aromatic rings. The Morgan fingerprint density at radius 1 is 1.19 bits per heavy atom. The molecule has 3 fully saturated rings. The fourth-order valence-corrected chi connectivity index (χ4v) is 4.33. The van der Waals surface area contributed by atoms with Crippen molar-refractivity contribution in [2.75, 3.05) is 39.3 Å². The zero-order valence-corrected chi connectivity index (χ0v) is 13.5. The molecule has 2 saturated carbocycles. The zero-order valence-electron chi connectivity index (χ0n) is 13.5. The molecule has 1 heterocycles. The predicted molar refractivity (Wildman–Crippen MR) is 85.0 cm³/mol. The first kappa shape index (κ1) is 15.3. The average Bonchev–Trinajstić information content (AvgIpc) is 3.29. The van der Waals surface area contributed by atoms with E-state index in [1.165, 1.54) is 64.8 Å². The molecule has 118 valence electrons. The molecule has 2 atom stereocenters. The zero-order chi connectivity index (χ0) is 14.7. The van der Waals surface area contributed by atoms with Crippen molar-refractivity contribution in [3.05, 3.63) is 0 Å². The standard InChI is InChI=1S/C17H30N4/c1-2-19-17(14-18)8-3-4-15(17)7-9-20-10-12-21(13-11-20)16-5-6-16/h15-16,19H,2-13H2,1H3. The van der Waals surface area contributed by atoms with E-state index in [0.29, 0.717) is 5.92 Å². The molecule has 0 spiro atoms. The van der Waals surface area contributed by atoms with Crippen molar-refractivity contribution in [2.24, 2.45) is 5.92 Å². The van der Waals surface area contributed by atoms with Gasteiger partial charge < -0.3 is 4.90 Å². The SMILES string of the molecule is CCNC1(C#N)CCCC1CCN1CCN(C2CC2)CC1. The van der Waals surface area contributed by atoms with Gasteiger partial charge in [-0.2, -0.15) is 5.26 Å². The van der Waals surface area contributed by atoms with Crippen LogP contribution in [0.25, 0.3) is 0 Å². The van der Waals surface area contributed by atoms with Gasteiger partial charge in [-0.15, -0.1) is 0 Å². The topological polar surface area (TPSA) is 42.3 Å². The third-order valence-electron chi connectivity index (χ3n) is 5.78. The molecule has 2 unspecified atom stereocenters. The number of rotatable bonds is 6. The van der Waals surface area contributed by atoms with Crippen LogP contribution in [0.4, 0.5) is 0 Å². The third kappa shape index (κ3) is 3.41. The van der Waals surface area contributed by atoms with Crippen molar-refractivity contribution >= 4 is 0 Å². The van der Waals surface area contributed by atoms with Crippen LogP contribution < -0.4 is 5.32 Å². The fourth-order valence-electron chi connectivity index (χ4n) is 4.33. The number of nitrogens with one attached hydrogen (secondary N) is 1. The van der Waals surface area contributed by atoms with Gasteiger partial charge in [-0.3, -0.25) is 10.2 Å². The van der Waals surface area contributed by atoms with Gasteiger partial charge in [0.1, 0.15) is 5.54 Å². The van der Waals surface area contributed by atoms with Crippen LogP contribution in [-0.2, 0) is 0 Å². The Morgan fingerprint density at radius 3 is 2.57 bits per heavy atom. The van der Waals surface area contributed by atoms with Crippen molar-refractivity contribution < 1.29 is 0 Å². The molecule has 0 bridgehead atoms. The summed E-state index contributed by atoms with van der Waals surface area (Å²) in [4.78, 5) is 5.29. The van der Waals surface area contributed by atoms with Crippen molar-refractivity contribution in [1.82, 2.24) is 15.1 Å². The summed E-state index contributed by atoms with van der Waals surface area (Å²) >= 11 is 0. The first-order chi connectivity index (χ1) is 10.3. The van der Waals surface area contributed by atoms with E-state index in [1.807, 2.05) is 0 Å². The van der Waals surface area contributed by atoms with Gasteiger partial charge in [0.2, 0.25) is 0 Å². The average molecular weight is 290 g/mol. The highest BCUT2D eigenvalue weighted by atomic mass is 15.3. The van der Waals surface area contributed by atoms with E-state index in [9.17, 15) is 5.26 Å². The number of hydrogen-bond donors (Lipinski definition) is 1. The van der Waals surface area contributed by atoms with Crippen LogP contribution in [-0.4, -0.2) is 60.6 Å². The fraction of sp³-hybridized carbons (Fsp3) is 0.941. The van der Waals surface area contributed by atoms with Crippen molar-refractivity contribution in [3.8, 4) is 6.07 Å². The molecule has 0 aromatic carbocycles. The van der Waals surface area contributed by atoms with E-state index in [2.05, 4.69) is 28.1 Å². The summed E-state index contributed by atoms with van der Waals surface area (Å²) in [5.74, 6) is 0.545. The monoisotopic (exact) mass is 290 g/mol. The Hall–Kier alpha value is -0.630. The molecule has 0 amide bonds. The van der Waals surface area contributed by atoms with Gasteiger partial charge in [0.05, 0.1) is 6.07 Å². The van der Waals surface area contributed by atoms with Crippen LogP contribution in [0.3, 0.4) is 0 Å². The highest BCUT2D eigenvalue weighted by molar-refractivity contribution is 5.14. The number of piperazine rings is 1. The van der Waals surface area contributed by atoms with Crippen LogP contribution in [0, 0.1) is 17.2 Å². The van der Waals surface area contributed by atoms with Gasteiger partial charge in [-0.05, 0) is 51.1 Å². The van der Waals surface area contributed by atoms with E-state index in [1.54, 1.807) is 0 Å². The molecule has 1 aliphatic heterocycles. The lowest BCUT2D eigenvalue weighted by atomic mass is 9.85. The van der Waals surface area contributed by atoms with Gasteiger partial charge in [-0.1, -0.05) is 13.3 Å². The summed E-state index contributed by atoms with van der Waals surface area (Å²) in [5, 5.41) is 13.1. The Balaban J connectivity index is 1.45. The second-order valence-electron chi connectivity index (χ2n) is 7.10. The molecule has 0 aromatic heterocycles. The summed E-state index contributed by atoms with van der Waals surface area (Å²) < 4.78 is 0. The van der Waals surface area contributed by atoms with Gasteiger partial charge >= 0.3 is 0 Å². The smallest absolute Gasteiger partial charge is 0.109 e. The molecule has 21 heavy (non-hydrogen) atoms. The summed E-state index contributed by atoms with van der Waals surface area (Å²) in [5.41, 5.74) is -0.232. The van der Waals surface area contributed by atoms with Gasteiger partial charge in [0.25, 0.3) is 0 Å². The van der Waals surface area contributed by atoms with Crippen LogP contribution in [0.5, 0.6) is 0 Å². The maximum atomic E-state index is 9.62. The number of nitrogens with zero attached hydrogens (tertiary/aromatic N) is 3. The maximum absolute atomic E-state index is 9.62. The van der Waals surface area contributed by atoms with Gasteiger partial charge in [0.15, 0.2) is 0 Å².